The minimum atomic E-state index is -3.88. The first-order valence-corrected chi connectivity index (χ1v) is 17.5. The monoisotopic (exact) mass is 556 g/mol. The molecule has 9 atom stereocenters. The molecule has 4 fully saturated rings. The van der Waals surface area contributed by atoms with Gasteiger partial charge in [0.05, 0.1) is 0 Å². The normalized spacial score (nSPS) is 38.8. The van der Waals surface area contributed by atoms with E-state index in [0.717, 1.165) is 48.1 Å². The van der Waals surface area contributed by atoms with Gasteiger partial charge in [0.25, 0.3) is 10.0 Å². The summed E-state index contributed by atoms with van der Waals surface area (Å²) in [5.41, 5.74) is 1.73. The van der Waals surface area contributed by atoms with Gasteiger partial charge in [0, 0.05) is 18.3 Å². The van der Waals surface area contributed by atoms with Crippen LogP contribution in [0.3, 0.4) is 0 Å². The number of carbonyl (C=O) groups is 1. The van der Waals surface area contributed by atoms with Gasteiger partial charge in [-0.3, -0.25) is 9.78 Å². The second-order valence-corrected chi connectivity index (χ2v) is 15.9. The topological polar surface area (TPSA) is 76.1 Å². The van der Waals surface area contributed by atoms with Gasteiger partial charge in [-0.15, -0.1) is 0 Å². The highest BCUT2D eigenvalue weighted by Gasteiger charge is 2.61. The Labute approximate surface area is 237 Å². The van der Waals surface area contributed by atoms with Crippen molar-refractivity contribution >= 4 is 15.9 Å². The van der Waals surface area contributed by atoms with Crippen molar-refractivity contribution in [1.29, 1.82) is 0 Å². The molecule has 1 N–H and O–H groups in total. The first-order chi connectivity index (χ1) is 18.5. The summed E-state index contributed by atoms with van der Waals surface area (Å²) in [4.78, 5) is 17.0. The summed E-state index contributed by atoms with van der Waals surface area (Å²) in [6.45, 7) is 12.0. The Morgan fingerprint density at radius 3 is 2.49 bits per heavy atom. The van der Waals surface area contributed by atoms with E-state index in [2.05, 4.69) is 37.4 Å². The number of fused-ring (bicyclic) bond motifs is 5. The SMILES string of the molecule is CCc1ccc(S(=O)(=O)NC(=O)CC[C@@H](C)[C@H]2CCC3C4C[C@H](CC)[C@@H]5CCCC[C@]5(C)C4CC[C@@]32C)cn1. The van der Waals surface area contributed by atoms with Crippen molar-refractivity contribution in [3.63, 3.8) is 0 Å². The Morgan fingerprint density at radius 2 is 1.79 bits per heavy atom. The molecule has 5 nitrogen and oxygen atoms in total. The van der Waals surface area contributed by atoms with Crippen LogP contribution in [0.1, 0.15) is 117 Å². The predicted molar refractivity (Wildman–Crippen MR) is 156 cm³/mol. The zero-order chi connectivity index (χ0) is 28.0. The first kappa shape index (κ1) is 29.1. The highest BCUT2D eigenvalue weighted by atomic mass is 32.2. The minimum Gasteiger partial charge on any atom is -0.274 e. The zero-order valence-electron chi connectivity index (χ0n) is 25.0. The van der Waals surface area contributed by atoms with Crippen LogP contribution in [0.15, 0.2) is 23.2 Å². The summed E-state index contributed by atoms with van der Waals surface area (Å²) in [6, 6.07) is 3.24. The fourth-order valence-electron chi connectivity index (χ4n) is 10.6. The maximum atomic E-state index is 12.8. The maximum Gasteiger partial charge on any atom is 0.265 e. The molecule has 0 aromatic carbocycles. The number of nitrogens with one attached hydrogen (secondary N) is 1. The lowest BCUT2D eigenvalue weighted by molar-refractivity contribution is -0.138. The first-order valence-electron chi connectivity index (χ1n) is 16.0. The Hall–Kier alpha value is -1.43. The molecule has 0 aliphatic heterocycles. The molecule has 1 aromatic rings. The molecular formula is C33H52N2O3S. The average molecular weight is 557 g/mol. The van der Waals surface area contributed by atoms with Crippen LogP contribution in [-0.4, -0.2) is 19.3 Å². The van der Waals surface area contributed by atoms with Gasteiger partial charge in [-0.25, -0.2) is 13.1 Å². The van der Waals surface area contributed by atoms with Gasteiger partial charge >= 0.3 is 0 Å². The van der Waals surface area contributed by atoms with Crippen LogP contribution in [0, 0.1) is 52.3 Å². The highest BCUT2D eigenvalue weighted by molar-refractivity contribution is 7.90. The summed E-state index contributed by atoms with van der Waals surface area (Å²) in [5.74, 6) is 5.04. The number of pyridine rings is 1. The average Bonchev–Trinajstić information content (AvgIpc) is 3.28. The smallest absolute Gasteiger partial charge is 0.265 e. The van der Waals surface area contributed by atoms with Crippen molar-refractivity contribution in [2.45, 2.75) is 123 Å². The lowest BCUT2D eigenvalue weighted by atomic mass is 9.42. The van der Waals surface area contributed by atoms with Crippen LogP contribution in [0.2, 0.25) is 0 Å². The number of carbonyl (C=O) groups excluding carboxylic acids is 1. The molecule has 1 aromatic heterocycles. The number of amides is 1. The number of aromatic nitrogens is 1. The third-order valence-corrected chi connectivity index (χ3v) is 13.9. The van der Waals surface area contributed by atoms with Gasteiger partial charge in [-0.1, -0.05) is 53.9 Å². The van der Waals surface area contributed by atoms with E-state index < -0.39 is 15.9 Å². The van der Waals surface area contributed by atoms with Gasteiger partial charge in [-0.2, -0.15) is 0 Å². The molecule has 0 spiro atoms. The van der Waals surface area contributed by atoms with Gasteiger partial charge in [0.2, 0.25) is 5.91 Å². The Kier molecular flexibility index (Phi) is 8.27. The van der Waals surface area contributed by atoms with Gasteiger partial charge in [-0.05, 0) is 122 Å². The molecule has 4 aliphatic carbocycles. The van der Waals surface area contributed by atoms with E-state index in [1.54, 1.807) is 6.07 Å². The molecule has 0 bridgehead atoms. The Bertz CT molecular complexity index is 1130. The molecule has 4 aliphatic rings. The van der Waals surface area contributed by atoms with Crippen LogP contribution in [0.5, 0.6) is 0 Å². The highest BCUT2D eigenvalue weighted by Crippen LogP contribution is 2.69. The summed E-state index contributed by atoms with van der Waals surface area (Å²) < 4.78 is 27.7. The van der Waals surface area contributed by atoms with Crippen molar-refractivity contribution in [3.8, 4) is 0 Å². The molecule has 0 saturated heterocycles. The van der Waals surface area contributed by atoms with E-state index in [1.807, 2.05) is 6.92 Å². The molecule has 4 saturated carbocycles. The van der Waals surface area contributed by atoms with E-state index in [-0.39, 0.29) is 11.3 Å². The predicted octanol–water partition coefficient (Wildman–Crippen LogP) is 7.55. The molecule has 6 heteroatoms. The number of hydrogen-bond acceptors (Lipinski definition) is 4. The molecule has 1 amide bonds. The van der Waals surface area contributed by atoms with E-state index in [1.165, 1.54) is 76.5 Å². The van der Waals surface area contributed by atoms with Gasteiger partial charge in [0.15, 0.2) is 0 Å². The van der Waals surface area contributed by atoms with Crippen molar-refractivity contribution in [3.05, 3.63) is 24.0 Å². The number of hydrogen-bond donors (Lipinski definition) is 1. The van der Waals surface area contributed by atoms with Crippen molar-refractivity contribution in [2.75, 3.05) is 0 Å². The fourth-order valence-corrected chi connectivity index (χ4v) is 11.6. The fraction of sp³-hybridized carbons (Fsp3) is 0.818. The summed E-state index contributed by atoms with van der Waals surface area (Å²) >= 11 is 0. The number of sulfonamides is 1. The second kappa shape index (κ2) is 11.1. The minimum absolute atomic E-state index is 0.0516. The summed E-state index contributed by atoms with van der Waals surface area (Å²) in [7, 11) is -3.88. The summed E-state index contributed by atoms with van der Waals surface area (Å²) in [5, 5.41) is 0. The standard InChI is InChI=1S/C33H52N2O3S/c1-6-23-20-26-29-15-14-27(33(29,5)19-17-30(26)32(4)18-9-8-10-28(23)32)22(3)11-16-31(36)35-39(37,38)25-13-12-24(7-2)34-21-25/h12-13,21-23,26-30H,6-11,14-20H2,1-5H3,(H,35,36)/t22-,23+,26?,27-,28+,29?,30?,32+,33-/m1/s1. The Balaban J connectivity index is 1.22. The molecule has 1 heterocycles. The van der Waals surface area contributed by atoms with Crippen molar-refractivity contribution < 1.29 is 13.2 Å². The van der Waals surface area contributed by atoms with Crippen LogP contribution >= 0.6 is 0 Å². The van der Waals surface area contributed by atoms with Crippen LogP contribution in [0.4, 0.5) is 0 Å². The van der Waals surface area contributed by atoms with Crippen molar-refractivity contribution in [1.82, 2.24) is 9.71 Å². The molecule has 0 radical (unpaired) electrons. The van der Waals surface area contributed by atoms with E-state index in [4.69, 9.17) is 0 Å². The van der Waals surface area contributed by atoms with E-state index in [0.29, 0.717) is 22.7 Å². The van der Waals surface area contributed by atoms with Crippen LogP contribution in [0.25, 0.3) is 0 Å². The number of nitrogens with zero attached hydrogens (tertiary/aromatic N) is 1. The maximum absolute atomic E-state index is 12.8. The van der Waals surface area contributed by atoms with Gasteiger partial charge < -0.3 is 0 Å². The third kappa shape index (κ3) is 5.21. The Morgan fingerprint density at radius 1 is 1.03 bits per heavy atom. The summed E-state index contributed by atoms with van der Waals surface area (Å²) in [6.07, 6.45) is 16.9. The largest absolute Gasteiger partial charge is 0.274 e. The second-order valence-electron chi connectivity index (χ2n) is 14.3. The molecule has 3 unspecified atom stereocenters. The van der Waals surface area contributed by atoms with E-state index >= 15 is 0 Å². The van der Waals surface area contributed by atoms with Gasteiger partial charge in [0.1, 0.15) is 4.90 Å². The molecule has 5 rings (SSSR count). The number of rotatable bonds is 8. The van der Waals surface area contributed by atoms with Crippen molar-refractivity contribution in [2.24, 2.45) is 52.3 Å². The number of aryl methyl sites for hydroxylation is 1. The lowest BCUT2D eigenvalue weighted by Gasteiger charge is -2.63. The van der Waals surface area contributed by atoms with E-state index in [9.17, 15) is 13.2 Å². The van der Waals surface area contributed by atoms with Crippen LogP contribution in [-0.2, 0) is 21.2 Å². The van der Waals surface area contributed by atoms with Crippen LogP contribution < -0.4 is 4.72 Å². The lowest BCUT2D eigenvalue weighted by Crippen LogP contribution is -2.55. The third-order valence-electron chi connectivity index (χ3n) is 12.6. The molecular weight excluding hydrogens is 504 g/mol. The zero-order valence-corrected chi connectivity index (χ0v) is 25.9. The quantitative estimate of drug-likeness (QED) is 0.359. The molecule has 218 valence electrons. The molecule has 39 heavy (non-hydrogen) atoms.